The van der Waals surface area contributed by atoms with Crippen molar-refractivity contribution >= 4 is 18.0 Å². The molecular weight excluding hydrogens is 134 g/mol. The van der Waals surface area contributed by atoms with E-state index in [4.69, 9.17) is 1.37 Å². The van der Waals surface area contributed by atoms with E-state index >= 15 is 0 Å². The maximum atomic E-state index is 7.44. The molecule has 0 N–H and O–H groups in total. The molecule has 54 valence electrons. The molecule has 2 rings (SSSR count). The van der Waals surface area contributed by atoms with Crippen LogP contribution in [0.5, 0.6) is 0 Å². The van der Waals surface area contributed by atoms with Crippen LogP contribution in [-0.2, 0) is 0 Å². The molecule has 0 radical (unpaired) electrons. The lowest BCUT2D eigenvalue weighted by molar-refractivity contribution is 1.49. The Morgan fingerprint density at radius 2 is 2.27 bits per heavy atom. The zero-order valence-corrected chi connectivity index (χ0v) is 6.12. The Hall–Kier alpha value is -1.37. The van der Waals surface area contributed by atoms with Crippen LogP contribution in [0.1, 0.15) is 13.4 Å². The lowest BCUT2D eigenvalue weighted by Gasteiger charge is -1.95. The van der Waals surface area contributed by atoms with Crippen molar-refractivity contribution in [2.24, 2.45) is 4.99 Å². The lowest BCUT2D eigenvalue weighted by atomic mass is 10.2. The van der Waals surface area contributed by atoms with Gasteiger partial charge in [-0.25, -0.2) is 0 Å². The Bertz CT molecular complexity index is 353. The Balaban J connectivity index is 2.58. The highest BCUT2D eigenvalue weighted by atomic mass is 14.7. The molecule has 1 nitrogen and oxygen atoms in total. The van der Waals surface area contributed by atoms with Crippen molar-refractivity contribution in [1.82, 2.24) is 0 Å². The third-order valence-electron chi connectivity index (χ3n) is 1.64. The molecule has 0 amide bonds. The molecular formula is C10H9N. The maximum Gasteiger partial charge on any atom is 0.0795 e. The van der Waals surface area contributed by atoms with Gasteiger partial charge >= 0.3 is 0 Å². The van der Waals surface area contributed by atoms with E-state index in [-0.39, 0.29) is 0 Å². The van der Waals surface area contributed by atoms with Crippen molar-refractivity contribution in [2.75, 3.05) is 0 Å². The molecule has 1 heterocycles. The number of nitrogens with zero attached hydrogens (tertiary/aromatic N) is 1. The molecule has 0 aliphatic carbocycles. The highest BCUT2D eigenvalue weighted by Crippen LogP contribution is 2.21. The van der Waals surface area contributed by atoms with Gasteiger partial charge in [-0.2, -0.15) is 0 Å². The monoisotopic (exact) mass is 144 g/mol. The topological polar surface area (TPSA) is 12.4 Å². The van der Waals surface area contributed by atoms with Crippen LogP contribution < -0.4 is 0 Å². The fraction of sp³-hybridized carbons (Fsp3) is 0.100. The second-order valence-corrected chi connectivity index (χ2v) is 2.44. The molecule has 0 aromatic heterocycles. The summed E-state index contributed by atoms with van der Waals surface area (Å²) < 4.78 is 7.44. The van der Waals surface area contributed by atoms with E-state index in [1.54, 1.807) is 0 Å². The van der Waals surface area contributed by atoms with Gasteiger partial charge in [0.2, 0.25) is 0 Å². The summed E-state index contributed by atoms with van der Waals surface area (Å²) in [7, 11) is 0. The first-order valence-corrected chi connectivity index (χ1v) is 3.66. The molecule has 0 saturated heterocycles. The number of aliphatic imine (C=N–C) groups is 1. The predicted octanol–water partition coefficient (Wildman–Crippen LogP) is 2.81. The van der Waals surface area contributed by atoms with Crippen LogP contribution in [0, 0.1) is 0 Å². The van der Waals surface area contributed by atoms with Crippen LogP contribution in [0.3, 0.4) is 0 Å². The summed E-state index contributed by atoms with van der Waals surface area (Å²) in [6, 6.07) is 7.86. The normalized spacial score (nSPS) is 16.4. The maximum absolute atomic E-state index is 7.44. The summed E-state index contributed by atoms with van der Waals surface area (Å²) in [5, 5.41) is 0. The Morgan fingerprint density at radius 3 is 3.27 bits per heavy atom. The number of fused-ring (bicyclic) bond motifs is 1. The van der Waals surface area contributed by atoms with Gasteiger partial charge in [-0.05, 0) is 11.6 Å². The summed E-state index contributed by atoms with van der Waals surface area (Å²) >= 11 is 0. The molecule has 1 aliphatic heterocycles. The highest BCUT2D eigenvalue weighted by Gasteiger charge is 1.96. The minimum atomic E-state index is 0.427. The summed E-state index contributed by atoms with van der Waals surface area (Å²) in [5.41, 5.74) is 2.00. The van der Waals surface area contributed by atoms with Crippen LogP contribution >= 0.6 is 0 Å². The third-order valence-corrected chi connectivity index (χ3v) is 1.64. The van der Waals surface area contributed by atoms with E-state index in [9.17, 15) is 0 Å². The molecule has 1 aromatic carbocycles. The van der Waals surface area contributed by atoms with Gasteiger partial charge < -0.3 is 0 Å². The summed E-state index contributed by atoms with van der Waals surface area (Å²) in [5.74, 6) is 0. The van der Waals surface area contributed by atoms with Crippen LogP contribution in [0.25, 0.3) is 6.08 Å². The molecule has 1 aliphatic rings. The van der Waals surface area contributed by atoms with Gasteiger partial charge in [0.15, 0.2) is 0 Å². The van der Waals surface area contributed by atoms with Gasteiger partial charge in [0.1, 0.15) is 0 Å². The zero-order chi connectivity index (χ0) is 8.39. The van der Waals surface area contributed by atoms with Gasteiger partial charge in [0.25, 0.3) is 0 Å². The number of hydrogen-bond acceptors (Lipinski definition) is 1. The largest absolute Gasteiger partial charge is 0.260 e. The fourth-order valence-electron chi connectivity index (χ4n) is 1.10. The first-order valence-electron chi connectivity index (χ1n) is 4.16. The van der Waals surface area contributed by atoms with Crippen molar-refractivity contribution < 1.29 is 1.37 Å². The quantitative estimate of drug-likeness (QED) is 0.531. The average Bonchev–Trinajstić information content (AvgIpc) is 2.25. The Kier molecular flexibility index (Phi) is 1.30. The fourth-order valence-corrected chi connectivity index (χ4v) is 1.10. The number of allylic oxidation sites excluding steroid dienone is 1. The molecule has 1 aromatic rings. The highest BCUT2D eigenvalue weighted by molar-refractivity contribution is 5.75. The Morgan fingerprint density at radius 1 is 1.36 bits per heavy atom. The summed E-state index contributed by atoms with van der Waals surface area (Å²) in [6.45, 7) is 0. The van der Waals surface area contributed by atoms with Crippen molar-refractivity contribution in [3.05, 3.63) is 35.9 Å². The van der Waals surface area contributed by atoms with Crippen LogP contribution in [-0.4, -0.2) is 6.19 Å². The molecule has 0 bridgehead atoms. The molecule has 1 heteroatoms. The van der Waals surface area contributed by atoms with Gasteiger partial charge in [-0.15, -0.1) is 0 Å². The Labute approximate surface area is 67.5 Å². The van der Waals surface area contributed by atoms with E-state index in [2.05, 4.69) is 4.99 Å². The smallest absolute Gasteiger partial charge is 0.0795 e. The van der Waals surface area contributed by atoms with Crippen LogP contribution in [0.15, 0.2) is 35.3 Å². The first kappa shape index (κ1) is 5.30. The molecule has 11 heavy (non-hydrogen) atoms. The zero-order valence-electron chi connectivity index (χ0n) is 7.12. The van der Waals surface area contributed by atoms with Crippen molar-refractivity contribution in [2.45, 2.75) is 6.42 Å². The predicted molar refractivity (Wildman–Crippen MR) is 48.2 cm³/mol. The van der Waals surface area contributed by atoms with E-state index in [1.807, 2.05) is 36.4 Å². The first-order chi connectivity index (χ1) is 5.86. The average molecular weight is 144 g/mol. The molecule has 0 atom stereocenters. The van der Waals surface area contributed by atoms with E-state index in [1.165, 1.54) is 0 Å². The minimum Gasteiger partial charge on any atom is -0.260 e. The van der Waals surface area contributed by atoms with Crippen molar-refractivity contribution in [3.63, 3.8) is 0 Å². The summed E-state index contributed by atoms with van der Waals surface area (Å²) in [6.07, 6.45) is 5.04. The number of para-hydroxylation sites is 1. The molecule has 0 spiro atoms. The lowest BCUT2D eigenvalue weighted by Crippen LogP contribution is -1.70. The molecule has 0 fully saturated rings. The third kappa shape index (κ3) is 1.22. The van der Waals surface area contributed by atoms with Crippen LogP contribution in [0.2, 0.25) is 0 Å². The second kappa shape index (κ2) is 2.70. The van der Waals surface area contributed by atoms with Crippen LogP contribution in [0.4, 0.5) is 5.69 Å². The van der Waals surface area contributed by atoms with Gasteiger partial charge in [-0.1, -0.05) is 30.4 Å². The SMILES string of the molecule is [2H]C1=Nc2ccccc2C=CC1. The van der Waals surface area contributed by atoms with Crippen molar-refractivity contribution in [1.29, 1.82) is 0 Å². The number of hydrogen-bond donors (Lipinski definition) is 0. The standard InChI is InChI=1S/C10H9N/c1-2-7-10-9(5-1)6-3-4-8-11-10/h1-3,5-8H,4H2/i8D. The van der Waals surface area contributed by atoms with E-state index < -0.39 is 0 Å². The van der Waals surface area contributed by atoms with Gasteiger partial charge in [0.05, 0.1) is 7.06 Å². The van der Waals surface area contributed by atoms with Crippen molar-refractivity contribution in [3.8, 4) is 0 Å². The van der Waals surface area contributed by atoms with E-state index in [0.717, 1.165) is 11.3 Å². The van der Waals surface area contributed by atoms with E-state index in [0.29, 0.717) is 12.6 Å². The second-order valence-electron chi connectivity index (χ2n) is 2.44. The summed E-state index contributed by atoms with van der Waals surface area (Å²) in [4.78, 5) is 4.16. The number of rotatable bonds is 0. The molecule has 0 saturated carbocycles. The minimum absolute atomic E-state index is 0.427. The number of benzene rings is 1. The van der Waals surface area contributed by atoms with Gasteiger partial charge in [0, 0.05) is 12.6 Å². The van der Waals surface area contributed by atoms with Gasteiger partial charge in [-0.3, -0.25) is 4.99 Å². The molecule has 0 unspecified atom stereocenters.